The van der Waals surface area contributed by atoms with Crippen LogP contribution in [0.4, 0.5) is 0 Å². The highest BCUT2D eigenvalue weighted by Crippen LogP contribution is 2.05. The quantitative estimate of drug-likeness (QED) is 0.432. The van der Waals surface area contributed by atoms with Crippen LogP contribution in [0.25, 0.3) is 0 Å². The van der Waals surface area contributed by atoms with Crippen molar-refractivity contribution in [3.63, 3.8) is 0 Å². The molecule has 0 spiro atoms. The van der Waals surface area contributed by atoms with Crippen molar-refractivity contribution >= 4 is 5.97 Å². The van der Waals surface area contributed by atoms with Crippen molar-refractivity contribution in [3.8, 4) is 0 Å². The lowest BCUT2D eigenvalue weighted by Crippen LogP contribution is -2.36. The summed E-state index contributed by atoms with van der Waals surface area (Å²) in [6.45, 7) is 3.63. The lowest BCUT2D eigenvalue weighted by molar-refractivity contribution is -0.143. The fraction of sp³-hybridized carbons (Fsp3) is 0.929. The van der Waals surface area contributed by atoms with Crippen LogP contribution in [-0.4, -0.2) is 39.4 Å². The Labute approximate surface area is 111 Å². The van der Waals surface area contributed by atoms with E-state index in [0.29, 0.717) is 13.0 Å². The minimum Gasteiger partial charge on any atom is -0.468 e. The third kappa shape index (κ3) is 9.42. The molecule has 1 unspecified atom stereocenters. The number of nitrogens with one attached hydrogen (secondary N) is 1. The van der Waals surface area contributed by atoms with Gasteiger partial charge in [-0.1, -0.05) is 39.0 Å². The van der Waals surface area contributed by atoms with Crippen LogP contribution < -0.4 is 5.32 Å². The molecule has 0 saturated heterocycles. The van der Waals surface area contributed by atoms with Gasteiger partial charge < -0.3 is 14.8 Å². The zero-order valence-electron chi connectivity index (χ0n) is 12.2. The summed E-state index contributed by atoms with van der Waals surface area (Å²) in [7, 11) is 3.17. The third-order valence-corrected chi connectivity index (χ3v) is 3.03. The molecule has 0 rings (SSSR count). The number of hydrogen-bond acceptors (Lipinski definition) is 4. The molecule has 0 aromatic carbocycles. The summed E-state index contributed by atoms with van der Waals surface area (Å²) >= 11 is 0. The molecule has 4 heteroatoms. The van der Waals surface area contributed by atoms with Gasteiger partial charge >= 0.3 is 5.97 Å². The monoisotopic (exact) mass is 259 g/mol. The summed E-state index contributed by atoms with van der Waals surface area (Å²) in [5.41, 5.74) is 0. The summed E-state index contributed by atoms with van der Waals surface area (Å²) in [5.74, 6) is -0.222. The smallest absolute Gasteiger partial charge is 0.322 e. The molecule has 0 saturated carbocycles. The van der Waals surface area contributed by atoms with E-state index in [1.165, 1.54) is 39.2 Å². The third-order valence-electron chi connectivity index (χ3n) is 3.03. The maximum atomic E-state index is 11.3. The van der Waals surface area contributed by atoms with Gasteiger partial charge in [0.15, 0.2) is 0 Å². The molecule has 1 atom stereocenters. The highest BCUT2D eigenvalue weighted by atomic mass is 16.5. The molecule has 0 aromatic heterocycles. The Morgan fingerprint density at radius 2 is 1.78 bits per heavy atom. The minimum absolute atomic E-state index is 0.222. The first-order valence-corrected chi connectivity index (χ1v) is 7.09. The Morgan fingerprint density at radius 3 is 2.39 bits per heavy atom. The second kappa shape index (κ2) is 12.8. The van der Waals surface area contributed by atoms with Crippen LogP contribution in [0.3, 0.4) is 0 Å². The van der Waals surface area contributed by atoms with Crippen LogP contribution in [0.2, 0.25) is 0 Å². The summed E-state index contributed by atoms with van der Waals surface area (Å²) in [6, 6.07) is -0.250. The molecular weight excluding hydrogens is 230 g/mol. The van der Waals surface area contributed by atoms with Gasteiger partial charge in [0.25, 0.3) is 0 Å². The standard InChI is InChI=1S/C14H29NO3/c1-4-5-6-7-8-9-11-18-12-10-13(15-2)14(16)17-3/h13,15H,4-12H2,1-3H3. The number of hydrogen-bond donors (Lipinski definition) is 1. The molecule has 0 aliphatic heterocycles. The maximum absolute atomic E-state index is 11.3. The zero-order chi connectivity index (χ0) is 13.6. The lowest BCUT2D eigenvalue weighted by atomic mass is 10.1. The molecule has 4 nitrogen and oxygen atoms in total. The molecule has 0 aliphatic rings. The molecule has 108 valence electrons. The minimum atomic E-state index is -0.250. The summed E-state index contributed by atoms with van der Waals surface area (Å²) in [6.07, 6.45) is 8.29. The fourth-order valence-electron chi connectivity index (χ4n) is 1.81. The summed E-state index contributed by atoms with van der Waals surface area (Å²) in [4.78, 5) is 11.3. The van der Waals surface area contributed by atoms with E-state index in [0.717, 1.165) is 13.0 Å². The van der Waals surface area contributed by atoms with Gasteiger partial charge in [-0.3, -0.25) is 4.79 Å². The van der Waals surface area contributed by atoms with Crippen LogP contribution in [0.1, 0.15) is 51.9 Å². The molecule has 0 aliphatic carbocycles. The van der Waals surface area contributed by atoms with Gasteiger partial charge in [0.1, 0.15) is 6.04 Å². The molecule has 0 bridgehead atoms. The van der Waals surface area contributed by atoms with Crippen molar-refractivity contribution in [3.05, 3.63) is 0 Å². The Hall–Kier alpha value is -0.610. The number of likely N-dealkylation sites (N-methyl/N-ethyl adjacent to an activating group) is 1. The van der Waals surface area contributed by atoms with Crippen LogP contribution in [0.5, 0.6) is 0 Å². The second-order valence-corrected chi connectivity index (χ2v) is 4.53. The lowest BCUT2D eigenvalue weighted by Gasteiger charge is -2.13. The van der Waals surface area contributed by atoms with E-state index < -0.39 is 0 Å². The average Bonchev–Trinajstić information content (AvgIpc) is 2.40. The Balaban J connectivity index is 3.31. The average molecular weight is 259 g/mol. The van der Waals surface area contributed by atoms with E-state index >= 15 is 0 Å². The van der Waals surface area contributed by atoms with Crippen LogP contribution in [-0.2, 0) is 14.3 Å². The largest absolute Gasteiger partial charge is 0.468 e. The van der Waals surface area contributed by atoms with E-state index in [4.69, 9.17) is 4.74 Å². The first-order chi connectivity index (χ1) is 8.76. The molecule has 18 heavy (non-hydrogen) atoms. The van der Waals surface area contributed by atoms with Gasteiger partial charge in [0.05, 0.1) is 7.11 Å². The molecular formula is C14H29NO3. The van der Waals surface area contributed by atoms with Gasteiger partial charge in [0, 0.05) is 13.2 Å². The van der Waals surface area contributed by atoms with Gasteiger partial charge in [-0.25, -0.2) is 0 Å². The highest BCUT2D eigenvalue weighted by Gasteiger charge is 2.15. The molecule has 0 radical (unpaired) electrons. The number of esters is 1. The van der Waals surface area contributed by atoms with Crippen LogP contribution >= 0.6 is 0 Å². The number of carbonyl (C=O) groups is 1. The molecule has 0 aromatic rings. The van der Waals surface area contributed by atoms with Gasteiger partial charge in [0.2, 0.25) is 0 Å². The molecule has 0 amide bonds. The molecule has 0 fully saturated rings. The topological polar surface area (TPSA) is 47.6 Å². The number of ether oxygens (including phenoxy) is 2. The van der Waals surface area contributed by atoms with E-state index in [1.54, 1.807) is 7.05 Å². The summed E-state index contributed by atoms with van der Waals surface area (Å²) < 4.78 is 10.2. The van der Waals surface area contributed by atoms with Gasteiger partial charge in [-0.2, -0.15) is 0 Å². The maximum Gasteiger partial charge on any atom is 0.322 e. The number of rotatable bonds is 12. The molecule has 1 N–H and O–H groups in total. The predicted octanol–water partition coefficient (Wildman–Crippen LogP) is 2.51. The van der Waals surface area contributed by atoms with Crippen molar-refractivity contribution in [2.24, 2.45) is 0 Å². The Kier molecular flexibility index (Phi) is 12.4. The van der Waals surface area contributed by atoms with Crippen molar-refractivity contribution in [1.29, 1.82) is 0 Å². The first-order valence-electron chi connectivity index (χ1n) is 7.09. The van der Waals surface area contributed by atoms with Crippen molar-refractivity contribution < 1.29 is 14.3 Å². The fourth-order valence-corrected chi connectivity index (χ4v) is 1.81. The van der Waals surface area contributed by atoms with Gasteiger partial charge in [-0.15, -0.1) is 0 Å². The number of carbonyl (C=O) groups excluding carboxylic acids is 1. The van der Waals surface area contributed by atoms with Crippen molar-refractivity contribution in [2.45, 2.75) is 57.9 Å². The number of unbranched alkanes of at least 4 members (excludes halogenated alkanes) is 5. The summed E-state index contributed by atoms with van der Waals surface area (Å²) in [5, 5.41) is 2.92. The first kappa shape index (κ1) is 17.4. The Morgan fingerprint density at radius 1 is 1.11 bits per heavy atom. The van der Waals surface area contributed by atoms with Crippen LogP contribution in [0.15, 0.2) is 0 Å². The van der Waals surface area contributed by atoms with Gasteiger partial charge in [-0.05, 0) is 19.9 Å². The van der Waals surface area contributed by atoms with E-state index in [1.807, 2.05) is 0 Å². The molecule has 0 heterocycles. The highest BCUT2D eigenvalue weighted by molar-refractivity contribution is 5.75. The van der Waals surface area contributed by atoms with Crippen molar-refractivity contribution in [2.75, 3.05) is 27.4 Å². The Bertz CT molecular complexity index is 197. The van der Waals surface area contributed by atoms with Crippen LogP contribution in [0, 0.1) is 0 Å². The number of methoxy groups -OCH3 is 1. The predicted molar refractivity (Wildman–Crippen MR) is 73.7 cm³/mol. The zero-order valence-corrected chi connectivity index (χ0v) is 12.2. The van der Waals surface area contributed by atoms with E-state index in [9.17, 15) is 4.79 Å². The normalized spacial score (nSPS) is 12.4. The van der Waals surface area contributed by atoms with E-state index in [2.05, 4.69) is 17.0 Å². The van der Waals surface area contributed by atoms with Crippen molar-refractivity contribution in [1.82, 2.24) is 5.32 Å². The van der Waals surface area contributed by atoms with E-state index in [-0.39, 0.29) is 12.0 Å². The SMILES string of the molecule is CCCCCCCCOCCC(NC)C(=O)OC. The second-order valence-electron chi connectivity index (χ2n) is 4.53.